The molecule has 1 aromatic carbocycles. The van der Waals surface area contributed by atoms with Gasteiger partial charge in [0.1, 0.15) is 11.9 Å². The number of benzene rings is 1. The maximum absolute atomic E-state index is 10.5. The van der Waals surface area contributed by atoms with E-state index >= 15 is 0 Å². The number of rotatable bonds is 3. The van der Waals surface area contributed by atoms with Crippen molar-refractivity contribution in [3.63, 3.8) is 0 Å². The van der Waals surface area contributed by atoms with Crippen LogP contribution in [-0.2, 0) is 4.79 Å². The fourth-order valence-electron chi connectivity index (χ4n) is 1.80. The molecule has 78 valence electrons. The van der Waals surface area contributed by atoms with Crippen molar-refractivity contribution < 1.29 is 9.21 Å². The number of carbonyl (C=O) groups excluding carboxylic acids is 1. The molecule has 1 heterocycles. The van der Waals surface area contributed by atoms with E-state index in [0.717, 1.165) is 22.8 Å². The largest absolute Gasteiger partial charge is 0.464 e. The van der Waals surface area contributed by atoms with Crippen molar-refractivity contribution in [2.75, 3.05) is 0 Å². The number of aldehydes is 1. The molecule has 0 saturated carbocycles. The minimum atomic E-state index is 0.122. The van der Waals surface area contributed by atoms with Crippen LogP contribution < -0.4 is 0 Å². The Kier molecular flexibility index (Phi) is 2.78. The Morgan fingerprint density at radius 2 is 2.27 bits per heavy atom. The first-order chi connectivity index (χ1) is 7.24. The van der Waals surface area contributed by atoms with E-state index in [2.05, 4.69) is 0 Å². The summed E-state index contributed by atoms with van der Waals surface area (Å²) < 4.78 is 5.29. The van der Waals surface area contributed by atoms with Crippen LogP contribution in [0.3, 0.4) is 0 Å². The van der Waals surface area contributed by atoms with Crippen LogP contribution in [0.2, 0.25) is 5.02 Å². The van der Waals surface area contributed by atoms with Crippen LogP contribution in [0.15, 0.2) is 28.9 Å². The molecule has 0 N–H and O–H groups in total. The zero-order valence-electron chi connectivity index (χ0n) is 8.37. The minimum Gasteiger partial charge on any atom is -0.464 e. The normalized spacial score (nSPS) is 12.9. The van der Waals surface area contributed by atoms with Crippen molar-refractivity contribution in [1.82, 2.24) is 0 Å². The number of halogens is 1. The molecule has 0 radical (unpaired) electrons. The summed E-state index contributed by atoms with van der Waals surface area (Å²) in [6, 6.07) is 5.54. The molecular weight excluding hydrogens is 212 g/mol. The topological polar surface area (TPSA) is 30.2 Å². The van der Waals surface area contributed by atoms with Crippen LogP contribution in [0, 0.1) is 0 Å². The maximum atomic E-state index is 10.5. The quantitative estimate of drug-likeness (QED) is 0.740. The third-order valence-electron chi connectivity index (χ3n) is 2.57. The molecule has 2 rings (SSSR count). The first-order valence-electron chi connectivity index (χ1n) is 4.83. The number of hydrogen-bond acceptors (Lipinski definition) is 2. The van der Waals surface area contributed by atoms with Crippen LogP contribution in [0.25, 0.3) is 11.0 Å². The summed E-state index contributed by atoms with van der Waals surface area (Å²) in [5, 5.41) is 1.69. The van der Waals surface area contributed by atoms with Crippen LogP contribution in [0.5, 0.6) is 0 Å². The molecule has 2 nitrogen and oxygen atoms in total. The zero-order chi connectivity index (χ0) is 10.8. The minimum absolute atomic E-state index is 0.122. The SMILES string of the molecule is CC(CC=O)c1c(Cl)ccc2occc12. The summed E-state index contributed by atoms with van der Waals surface area (Å²) in [5.41, 5.74) is 1.81. The molecule has 0 aliphatic carbocycles. The van der Waals surface area contributed by atoms with Crippen molar-refractivity contribution >= 4 is 28.9 Å². The van der Waals surface area contributed by atoms with E-state index in [0.29, 0.717) is 11.4 Å². The van der Waals surface area contributed by atoms with Crippen molar-refractivity contribution in [3.05, 3.63) is 35.0 Å². The first-order valence-corrected chi connectivity index (χ1v) is 5.21. The fraction of sp³-hybridized carbons (Fsp3) is 0.250. The van der Waals surface area contributed by atoms with Gasteiger partial charge in [-0.05, 0) is 29.7 Å². The summed E-state index contributed by atoms with van der Waals surface area (Å²) >= 11 is 6.13. The molecule has 0 aliphatic rings. The number of furan rings is 1. The van der Waals surface area contributed by atoms with Gasteiger partial charge in [-0.15, -0.1) is 0 Å². The van der Waals surface area contributed by atoms with E-state index in [-0.39, 0.29) is 5.92 Å². The highest BCUT2D eigenvalue weighted by molar-refractivity contribution is 6.32. The molecule has 0 saturated heterocycles. The van der Waals surface area contributed by atoms with Gasteiger partial charge in [0.15, 0.2) is 0 Å². The molecule has 1 atom stereocenters. The van der Waals surface area contributed by atoms with Crippen molar-refractivity contribution in [3.8, 4) is 0 Å². The second kappa shape index (κ2) is 4.07. The van der Waals surface area contributed by atoms with Gasteiger partial charge >= 0.3 is 0 Å². The summed E-state index contributed by atoms with van der Waals surface area (Å²) in [7, 11) is 0. The lowest BCUT2D eigenvalue weighted by Crippen LogP contribution is -1.96. The molecule has 0 amide bonds. The van der Waals surface area contributed by atoms with Gasteiger partial charge in [-0.25, -0.2) is 0 Å². The van der Waals surface area contributed by atoms with E-state index in [1.807, 2.05) is 25.1 Å². The molecule has 1 aromatic heterocycles. The average Bonchev–Trinajstić information content (AvgIpc) is 2.65. The molecular formula is C12H11ClO2. The highest BCUT2D eigenvalue weighted by atomic mass is 35.5. The van der Waals surface area contributed by atoms with E-state index in [9.17, 15) is 4.79 Å². The fourth-order valence-corrected chi connectivity index (χ4v) is 2.15. The lowest BCUT2D eigenvalue weighted by molar-refractivity contribution is -0.108. The van der Waals surface area contributed by atoms with Crippen molar-refractivity contribution in [2.45, 2.75) is 19.3 Å². The van der Waals surface area contributed by atoms with Gasteiger partial charge in [-0.3, -0.25) is 0 Å². The van der Waals surface area contributed by atoms with Gasteiger partial charge in [-0.1, -0.05) is 18.5 Å². The summed E-state index contributed by atoms with van der Waals surface area (Å²) in [5.74, 6) is 0.122. The van der Waals surface area contributed by atoms with E-state index < -0.39 is 0 Å². The smallest absolute Gasteiger partial charge is 0.134 e. The Bertz CT molecular complexity index is 487. The Labute approximate surface area is 92.8 Å². The van der Waals surface area contributed by atoms with Crippen LogP contribution in [0.1, 0.15) is 24.8 Å². The number of fused-ring (bicyclic) bond motifs is 1. The molecule has 0 fully saturated rings. The monoisotopic (exact) mass is 222 g/mol. The van der Waals surface area contributed by atoms with E-state index in [4.69, 9.17) is 16.0 Å². The van der Waals surface area contributed by atoms with Crippen LogP contribution in [-0.4, -0.2) is 6.29 Å². The van der Waals surface area contributed by atoms with E-state index in [1.165, 1.54) is 0 Å². The Hall–Kier alpha value is -1.28. The first kappa shape index (κ1) is 10.2. The summed E-state index contributed by atoms with van der Waals surface area (Å²) in [4.78, 5) is 10.5. The molecule has 2 aromatic rings. The van der Waals surface area contributed by atoms with Gasteiger partial charge < -0.3 is 9.21 Å². The molecule has 0 spiro atoms. The summed E-state index contributed by atoms with van der Waals surface area (Å²) in [6.07, 6.45) is 3.03. The third kappa shape index (κ3) is 1.77. The molecule has 0 bridgehead atoms. The number of carbonyl (C=O) groups is 1. The Morgan fingerprint density at radius 3 is 3.00 bits per heavy atom. The lowest BCUT2D eigenvalue weighted by atomic mass is 9.95. The average molecular weight is 223 g/mol. The standard InChI is InChI=1S/C12H11ClO2/c1-8(4-6-14)12-9-5-7-15-11(9)3-2-10(12)13/h2-3,5-8H,4H2,1H3. The summed E-state index contributed by atoms with van der Waals surface area (Å²) in [6.45, 7) is 1.99. The second-order valence-corrected chi connectivity index (χ2v) is 4.00. The second-order valence-electron chi connectivity index (χ2n) is 3.60. The molecule has 3 heteroatoms. The Morgan fingerprint density at radius 1 is 1.47 bits per heavy atom. The number of hydrogen-bond donors (Lipinski definition) is 0. The van der Waals surface area contributed by atoms with Gasteiger partial charge in [0.05, 0.1) is 6.26 Å². The zero-order valence-corrected chi connectivity index (χ0v) is 9.12. The van der Waals surface area contributed by atoms with Crippen molar-refractivity contribution in [2.24, 2.45) is 0 Å². The Balaban J connectivity index is 2.60. The lowest BCUT2D eigenvalue weighted by Gasteiger charge is -2.11. The molecule has 0 aliphatic heterocycles. The van der Waals surface area contributed by atoms with Crippen LogP contribution >= 0.6 is 11.6 Å². The predicted octanol–water partition coefficient (Wildman–Crippen LogP) is 3.78. The molecule has 15 heavy (non-hydrogen) atoms. The van der Waals surface area contributed by atoms with Gasteiger partial charge in [0.25, 0.3) is 0 Å². The van der Waals surface area contributed by atoms with Crippen molar-refractivity contribution in [1.29, 1.82) is 0 Å². The van der Waals surface area contributed by atoms with Gasteiger partial charge in [0.2, 0.25) is 0 Å². The highest BCUT2D eigenvalue weighted by Gasteiger charge is 2.14. The van der Waals surface area contributed by atoms with Gasteiger partial charge in [0, 0.05) is 16.8 Å². The highest BCUT2D eigenvalue weighted by Crippen LogP contribution is 2.33. The molecule has 1 unspecified atom stereocenters. The third-order valence-corrected chi connectivity index (χ3v) is 2.90. The predicted molar refractivity (Wildman–Crippen MR) is 60.3 cm³/mol. The van der Waals surface area contributed by atoms with Crippen LogP contribution in [0.4, 0.5) is 0 Å². The maximum Gasteiger partial charge on any atom is 0.134 e. The van der Waals surface area contributed by atoms with E-state index in [1.54, 1.807) is 6.26 Å². The van der Waals surface area contributed by atoms with Gasteiger partial charge in [-0.2, -0.15) is 0 Å².